The number of methoxy groups -OCH3 is 2. The molecule has 0 atom stereocenters. The topological polar surface area (TPSA) is 110 Å². The Bertz CT molecular complexity index is 1090. The Kier molecular flexibility index (Phi) is 6.47. The van der Waals surface area contributed by atoms with E-state index in [0.29, 0.717) is 15.3 Å². The molecule has 0 unspecified atom stereocenters. The zero-order valence-corrected chi connectivity index (χ0v) is 18.8. The Balaban J connectivity index is 2.28. The number of carbonyl (C=O) groups is 3. The zero-order chi connectivity index (χ0) is 22.9. The molecule has 2 heterocycles. The second-order valence-electron chi connectivity index (χ2n) is 6.64. The number of aromatic hydroxyl groups is 2. The van der Waals surface area contributed by atoms with Crippen LogP contribution in [0.2, 0.25) is 0 Å². The van der Waals surface area contributed by atoms with Crippen molar-refractivity contribution in [3.8, 4) is 11.5 Å². The highest BCUT2D eigenvalue weighted by atomic mass is 32.1. The first-order valence-corrected chi connectivity index (χ1v) is 10.8. The number of carbonyl (C=O) groups excluding carboxylic acids is 3. The number of esters is 2. The van der Waals surface area contributed by atoms with Crippen molar-refractivity contribution >= 4 is 40.4 Å². The number of ether oxygens (including phenoxy) is 2. The van der Waals surface area contributed by atoms with Gasteiger partial charge in [0.25, 0.3) is 0 Å². The first-order chi connectivity index (χ1) is 14.7. The minimum Gasteiger partial charge on any atom is -0.506 e. The van der Waals surface area contributed by atoms with Gasteiger partial charge < -0.3 is 19.7 Å². The van der Waals surface area contributed by atoms with Crippen LogP contribution >= 0.6 is 22.7 Å². The molecule has 0 amide bonds. The predicted molar refractivity (Wildman–Crippen MR) is 117 cm³/mol. The van der Waals surface area contributed by atoms with Crippen molar-refractivity contribution in [1.82, 2.24) is 0 Å². The smallest absolute Gasteiger partial charge is 0.342 e. The molecule has 0 saturated heterocycles. The monoisotopic (exact) mass is 460 g/mol. The Hall–Kier alpha value is -3.17. The summed E-state index contributed by atoms with van der Waals surface area (Å²) in [5.41, 5.74) is 0.284. The van der Waals surface area contributed by atoms with Gasteiger partial charge in [-0.1, -0.05) is 30.3 Å². The van der Waals surface area contributed by atoms with Crippen molar-refractivity contribution in [2.45, 2.75) is 19.8 Å². The zero-order valence-electron chi connectivity index (χ0n) is 17.2. The first kappa shape index (κ1) is 22.5. The third kappa shape index (κ3) is 3.94. The van der Waals surface area contributed by atoms with E-state index in [1.54, 1.807) is 44.2 Å². The van der Waals surface area contributed by atoms with E-state index in [-0.39, 0.29) is 32.4 Å². The van der Waals surface area contributed by atoms with Gasteiger partial charge in [0.05, 0.1) is 29.9 Å². The number of Topliss-reactive ketones (excluding diaryl/α,β-unsaturated/α-hetero) is 1. The number of aryl methyl sites for hydroxylation is 2. The summed E-state index contributed by atoms with van der Waals surface area (Å²) in [7, 11) is 2.39. The number of rotatable bonds is 6. The molecule has 3 aromatic rings. The van der Waals surface area contributed by atoms with Crippen molar-refractivity contribution in [2.24, 2.45) is 0 Å². The largest absolute Gasteiger partial charge is 0.506 e. The fraction of sp³-hybridized carbons (Fsp3) is 0.227. The van der Waals surface area contributed by atoms with Crippen LogP contribution in [0.3, 0.4) is 0 Å². The maximum absolute atomic E-state index is 13.5. The van der Waals surface area contributed by atoms with Crippen molar-refractivity contribution in [2.75, 3.05) is 14.2 Å². The molecule has 2 aromatic heterocycles. The Labute approximate surface area is 186 Å². The summed E-state index contributed by atoms with van der Waals surface area (Å²) >= 11 is 2.11. The third-order valence-corrected chi connectivity index (χ3v) is 7.11. The quantitative estimate of drug-likeness (QED) is 0.414. The molecule has 31 heavy (non-hydrogen) atoms. The second kappa shape index (κ2) is 8.91. The van der Waals surface area contributed by atoms with E-state index >= 15 is 0 Å². The summed E-state index contributed by atoms with van der Waals surface area (Å²) in [5.74, 6) is -3.76. The lowest BCUT2D eigenvalue weighted by Crippen LogP contribution is -2.13. The summed E-state index contributed by atoms with van der Waals surface area (Å²) in [5, 5.41) is 21.7. The molecule has 7 nitrogen and oxygen atoms in total. The van der Waals surface area contributed by atoms with Crippen molar-refractivity contribution in [3.63, 3.8) is 0 Å². The van der Waals surface area contributed by atoms with Crippen LogP contribution in [0.25, 0.3) is 0 Å². The molecule has 162 valence electrons. The normalized spacial score (nSPS) is 10.9. The van der Waals surface area contributed by atoms with Crippen molar-refractivity contribution in [1.29, 1.82) is 0 Å². The van der Waals surface area contributed by atoms with Crippen LogP contribution in [0.4, 0.5) is 0 Å². The third-order valence-electron chi connectivity index (χ3n) is 4.79. The van der Waals surface area contributed by atoms with Gasteiger partial charge in [-0.25, -0.2) is 9.59 Å². The van der Waals surface area contributed by atoms with E-state index in [1.807, 2.05) is 0 Å². The van der Waals surface area contributed by atoms with Crippen LogP contribution in [-0.2, 0) is 9.47 Å². The molecule has 0 spiro atoms. The molecule has 0 fully saturated rings. The van der Waals surface area contributed by atoms with Crippen LogP contribution in [0.1, 0.15) is 56.5 Å². The maximum Gasteiger partial charge on any atom is 0.342 e. The molecule has 0 saturated carbocycles. The minimum atomic E-state index is -1.13. The highest BCUT2D eigenvalue weighted by molar-refractivity contribution is 7.14. The second-order valence-corrected chi connectivity index (χ2v) is 9.15. The van der Waals surface area contributed by atoms with Gasteiger partial charge in [0.2, 0.25) is 0 Å². The highest BCUT2D eigenvalue weighted by Crippen LogP contribution is 2.49. The average molecular weight is 461 g/mol. The standard InChI is InChI=1S/C22H20O7S2/c1-10-13(21(26)28-3)17(24)19(30-10)15(16(23)12-8-6-5-7-9-12)20-18(25)14(11(2)31-20)22(27)29-4/h5-9,15,24-25H,1-4H3. The number of hydrogen-bond acceptors (Lipinski definition) is 9. The molecule has 2 N–H and O–H groups in total. The molecule has 0 radical (unpaired) electrons. The van der Waals surface area contributed by atoms with Crippen molar-refractivity contribution < 1.29 is 34.1 Å². The molecule has 9 heteroatoms. The molecule has 0 bridgehead atoms. The van der Waals surface area contributed by atoms with E-state index in [0.717, 1.165) is 22.7 Å². The van der Waals surface area contributed by atoms with E-state index in [1.165, 1.54) is 14.2 Å². The lowest BCUT2D eigenvalue weighted by Gasteiger charge is -2.15. The van der Waals surface area contributed by atoms with Crippen LogP contribution in [-0.4, -0.2) is 42.2 Å². The minimum absolute atomic E-state index is 0.0330. The van der Waals surface area contributed by atoms with E-state index in [2.05, 4.69) is 0 Å². The number of thiophene rings is 2. The summed E-state index contributed by atoms with van der Waals surface area (Å²) in [6.07, 6.45) is 0. The van der Waals surface area contributed by atoms with E-state index < -0.39 is 23.6 Å². The van der Waals surface area contributed by atoms with Gasteiger partial charge >= 0.3 is 11.9 Å². The molecule has 0 aliphatic rings. The SMILES string of the molecule is COC(=O)c1c(C)sc(C(C(=O)c2ccccc2)c2sc(C)c(C(=O)OC)c2O)c1O. The van der Waals surface area contributed by atoms with Crippen LogP contribution in [0, 0.1) is 13.8 Å². The first-order valence-electron chi connectivity index (χ1n) is 9.13. The Morgan fingerprint density at radius 3 is 1.61 bits per heavy atom. The lowest BCUT2D eigenvalue weighted by molar-refractivity contribution is 0.0588. The molecular weight excluding hydrogens is 440 g/mol. The Morgan fingerprint density at radius 1 is 0.806 bits per heavy atom. The van der Waals surface area contributed by atoms with Gasteiger partial charge in [0.1, 0.15) is 22.6 Å². The molecule has 0 aliphatic carbocycles. The fourth-order valence-electron chi connectivity index (χ4n) is 3.31. The molecule has 1 aromatic carbocycles. The van der Waals surface area contributed by atoms with Gasteiger partial charge in [0, 0.05) is 15.3 Å². The number of ketones is 1. The molecule has 0 aliphatic heterocycles. The fourth-order valence-corrected chi connectivity index (χ4v) is 5.69. The molecule has 3 rings (SSSR count). The van der Waals surface area contributed by atoms with E-state index in [9.17, 15) is 24.6 Å². The molecular formula is C22H20O7S2. The predicted octanol–water partition coefficient (Wildman–Crippen LogP) is 4.43. The van der Waals surface area contributed by atoms with Crippen LogP contribution in [0.5, 0.6) is 11.5 Å². The van der Waals surface area contributed by atoms with Gasteiger partial charge in [-0.2, -0.15) is 0 Å². The van der Waals surface area contributed by atoms with Gasteiger partial charge in [-0.15, -0.1) is 22.7 Å². The summed E-state index contributed by atoms with van der Waals surface area (Å²) in [6.45, 7) is 3.26. The highest BCUT2D eigenvalue weighted by Gasteiger charge is 2.37. The van der Waals surface area contributed by atoms with Gasteiger partial charge in [-0.3, -0.25) is 4.79 Å². The summed E-state index contributed by atoms with van der Waals surface area (Å²) in [6, 6.07) is 8.39. The summed E-state index contributed by atoms with van der Waals surface area (Å²) < 4.78 is 9.50. The number of hydrogen-bond donors (Lipinski definition) is 2. The van der Waals surface area contributed by atoms with Gasteiger partial charge in [0.15, 0.2) is 5.78 Å². The number of benzene rings is 1. The Morgan fingerprint density at radius 2 is 1.23 bits per heavy atom. The maximum atomic E-state index is 13.5. The van der Waals surface area contributed by atoms with E-state index in [4.69, 9.17) is 9.47 Å². The van der Waals surface area contributed by atoms with Gasteiger partial charge in [-0.05, 0) is 13.8 Å². The van der Waals surface area contributed by atoms with Crippen LogP contribution < -0.4 is 0 Å². The van der Waals surface area contributed by atoms with Crippen molar-refractivity contribution in [3.05, 3.63) is 66.5 Å². The van der Waals surface area contributed by atoms with Crippen LogP contribution in [0.15, 0.2) is 30.3 Å². The average Bonchev–Trinajstić information content (AvgIpc) is 3.22. The summed E-state index contributed by atoms with van der Waals surface area (Å²) in [4.78, 5) is 39.1. The lowest BCUT2D eigenvalue weighted by atomic mass is 9.92.